The average molecular weight is 277 g/mol. The van der Waals surface area contributed by atoms with Crippen LogP contribution in [-0.2, 0) is 12.3 Å². The van der Waals surface area contributed by atoms with Gasteiger partial charge in [-0.2, -0.15) is 5.10 Å². The second-order valence-electron chi connectivity index (χ2n) is 4.86. The molecule has 0 aliphatic rings. The largest absolute Gasteiger partial charge is 0.250 e. The fraction of sp³-hybridized carbons (Fsp3) is 0.769. The summed E-state index contributed by atoms with van der Waals surface area (Å²) in [5.41, 5.74) is 2.07. The summed E-state index contributed by atoms with van der Waals surface area (Å²) >= 11 is 12.4. The molecule has 1 aromatic rings. The standard InChI is InChI=1S/C13H22Cl2N2/c1-5-10(6-2)17-13(15)11(8-14)12(16-17)7-9(3)4/h9-10H,5-8H2,1-4H3. The van der Waals surface area contributed by atoms with E-state index in [2.05, 4.69) is 32.8 Å². The molecule has 0 saturated carbocycles. The number of hydrogen-bond donors (Lipinski definition) is 0. The lowest BCUT2D eigenvalue weighted by Gasteiger charge is -2.14. The smallest absolute Gasteiger partial charge is 0.132 e. The molecular weight excluding hydrogens is 255 g/mol. The first-order chi connectivity index (χ1) is 8.04. The molecule has 0 spiro atoms. The third-order valence-electron chi connectivity index (χ3n) is 3.05. The van der Waals surface area contributed by atoms with Gasteiger partial charge in [-0.3, -0.25) is 4.68 Å². The van der Waals surface area contributed by atoms with Crippen molar-refractivity contribution in [3.05, 3.63) is 16.4 Å². The van der Waals surface area contributed by atoms with Crippen LogP contribution in [0.3, 0.4) is 0 Å². The van der Waals surface area contributed by atoms with Crippen LogP contribution in [-0.4, -0.2) is 9.78 Å². The minimum Gasteiger partial charge on any atom is -0.250 e. The number of rotatable bonds is 6. The van der Waals surface area contributed by atoms with Gasteiger partial charge in [0.05, 0.1) is 17.6 Å². The fourth-order valence-corrected chi connectivity index (χ4v) is 2.75. The number of halogens is 2. The van der Waals surface area contributed by atoms with Crippen LogP contribution in [0.5, 0.6) is 0 Å². The molecule has 1 heterocycles. The van der Waals surface area contributed by atoms with E-state index in [-0.39, 0.29) is 0 Å². The molecule has 17 heavy (non-hydrogen) atoms. The Morgan fingerprint density at radius 3 is 2.24 bits per heavy atom. The molecule has 4 heteroatoms. The van der Waals surface area contributed by atoms with Gasteiger partial charge in [-0.25, -0.2) is 0 Å². The van der Waals surface area contributed by atoms with Gasteiger partial charge in [0.25, 0.3) is 0 Å². The van der Waals surface area contributed by atoms with E-state index < -0.39 is 0 Å². The van der Waals surface area contributed by atoms with Gasteiger partial charge in [-0.05, 0) is 25.2 Å². The molecule has 1 rings (SSSR count). The molecule has 0 bridgehead atoms. The normalized spacial score (nSPS) is 11.8. The zero-order valence-corrected chi connectivity index (χ0v) is 12.6. The predicted octanol–water partition coefficient (Wildman–Crippen LogP) is 4.83. The van der Waals surface area contributed by atoms with Gasteiger partial charge in [0, 0.05) is 5.56 Å². The highest BCUT2D eigenvalue weighted by Gasteiger charge is 2.19. The molecule has 1 aromatic heterocycles. The molecule has 0 aliphatic carbocycles. The number of hydrogen-bond acceptors (Lipinski definition) is 1. The van der Waals surface area contributed by atoms with Crippen LogP contribution in [0.15, 0.2) is 0 Å². The van der Waals surface area contributed by atoms with Crippen molar-refractivity contribution >= 4 is 23.2 Å². The van der Waals surface area contributed by atoms with Gasteiger partial charge < -0.3 is 0 Å². The molecule has 0 saturated heterocycles. The molecule has 98 valence electrons. The van der Waals surface area contributed by atoms with E-state index in [1.807, 2.05) is 4.68 Å². The highest BCUT2D eigenvalue weighted by atomic mass is 35.5. The lowest BCUT2D eigenvalue weighted by Crippen LogP contribution is -2.09. The zero-order chi connectivity index (χ0) is 13.0. The highest BCUT2D eigenvalue weighted by Crippen LogP contribution is 2.29. The van der Waals surface area contributed by atoms with Crippen molar-refractivity contribution in [2.24, 2.45) is 5.92 Å². The van der Waals surface area contributed by atoms with Gasteiger partial charge in [0.1, 0.15) is 5.15 Å². The van der Waals surface area contributed by atoms with E-state index >= 15 is 0 Å². The summed E-state index contributed by atoms with van der Waals surface area (Å²) in [6.07, 6.45) is 3.02. The molecule has 0 unspecified atom stereocenters. The average Bonchev–Trinajstić information content (AvgIpc) is 2.57. The summed E-state index contributed by atoms with van der Waals surface area (Å²) < 4.78 is 1.96. The molecule has 0 N–H and O–H groups in total. The van der Waals surface area contributed by atoms with E-state index in [0.29, 0.717) is 17.8 Å². The molecule has 0 aromatic carbocycles. The van der Waals surface area contributed by atoms with Crippen molar-refractivity contribution < 1.29 is 0 Å². The lowest BCUT2D eigenvalue weighted by molar-refractivity contribution is 0.424. The van der Waals surface area contributed by atoms with Crippen LogP contribution in [0.2, 0.25) is 5.15 Å². The van der Waals surface area contributed by atoms with E-state index in [9.17, 15) is 0 Å². The van der Waals surface area contributed by atoms with Crippen LogP contribution >= 0.6 is 23.2 Å². The van der Waals surface area contributed by atoms with Gasteiger partial charge in [-0.1, -0.05) is 39.3 Å². The van der Waals surface area contributed by atoms with Crippen molar-refractivity contribution in [3.63, 3.8) is 0 Å². The van der Waals surface area contributed by atoms with Crippen molar-refractivity contribution in [3.8, 4) is 0 Å². The van der Waals surface area contributed by atoms with Crippen LogP contribution < -0.4 is 0 Å². The van der Waals surface area contributed by atoms with Crippen molar-refractivity contribution in [1.29, 1.82) is 0 Å². The van der Waals surface area contributed by atoms with Crippen LogP contribution in [0.1, 0.15) is 57.8 Å². The van der Waals surface area contributed by atoms with Gasteiger partial charge in [-0.15, -0.1) is 11.6 Å². The summed E-state index contributed by atoms with van der Waals surface area (Å²) in [4.78, 5) is 0. The van der Waals surface area contributed by atoms with E-state index in [1.54, 1.807) is 0 Å². The van der Waals surface area contributed by atoms with Crippen molar-refractivity contribution in [1.82, 2.24) is 9.78 Å². The number of aromatic nitrogens is 2. The summed E-state index contributed by atoms with van der Waals surface area (Å²) in [6, 6.07) is 0.380. The number of alkyl halides is 1. The molecular formula is C13H22Cl2N2. The lowest BCUT2D eigenvalue weighted by atomic mass is 10.1. The van der Waals surface area contributed by atoms with Gasteiger partial charge >= 0.3 is 0 Å². The Morgan fingerprint density at radius 2 is 1.82 bits per heavy atom. The Bertz CT molecular complexity index is 355. The third kappa shape index (κ3) is 3.38. The maximum absolute atomic E-state index is 6.38. The first kappa shape index (κ1) is 14.8. The summed E-state index contributed by atoms with van der Waals surface area (Å²) in [7, 11) is 0. The Morgan fingerprint density at radius 1 is 1.24 bits per heavy atom. The molecule has 0 aliphatic heterocycles. The second kappa shape index (κ2) is 6.65. The Hall–Kier alpha value is -0.210. The van der Waals surface area contributed by atoms with Crippen molar-refractivity contribution in [2.45, 2.75) is 58.9 Å². The van der Waals surface area contributed by atoms with E-state index in [0.717, 1.165) is 35.7 Å². The Labute approximate surface area is 114 Å². The maximum atomic E-state index is 6.38. The molecule has 2 nitrogen and oxygen atoms in total. The first-order valence-electron chi connectivity index (χ1n) is 6.36. The Kier molecular flexibility index (Phi) is 5.81. The quantitative estimate of drug-likeness (QED) is 0.681. The number of nitrogens with zero attached hydrogens (tertiary/aromatic N) is 2. The minimum absolute atomic E-state index is 0.380. The fourth-order valence-electron chi connectivity index (χ4n) is 2.05. The summed E-state index contributed by atoms with van der Waals surface area (Å²) in [5, 5.41) is 5.39. The van der Waals surface area contributed by atoms with E-state index in [4.69, 9.17) is 23.2 Å². The second-order valence-corrected chi connectivity index (χ2v) is 5.49. The zero-order valence-electron chi connectivity index (χ0n) is 11.1. The minimum atomic E-state index is 0.380. The molecule has 0 atom stereocenters. The Balaban J connectivity index is 3.11. The van der Waals surface area contributed by atoms with Crippen LogP contribution in [0.4, 0.5) is 0 Å². The molecule has 0 amide bonds. The van der Waals surface area contributed by atoms with Gasteiger partial charge in [0.2, 0.25) is 0 Å². The monoisotopic (exact) mass is 276 g/mol. The maximum Gasteiger partial charge on any atom is 0.132 e. The highest BCUT2D eigenvalue weighted by molar-refractivity contribution is 6.31. The van der Waals surface area contributed by atoms with E-state index in [1.165, 1.54) is 0 Å². The van der Waals surface area contributed by atoms with Crippen molar-refractivity contribution in [2.75, 3.05) is 0 Å². The van der Waals surface area contributed by atoms with Crippen LogP contribution in [0, 0.1) is 5.92 Å². The summed E-state index contributed by atoms with van der Waals surface area (Å²) in [6.45, 7) is 8.69. The first-order valence-corrected chi connectivity index (χ1v) is 7.27. The predicted molar refractivity (Wildman–Crippen MR) is 75.0 cm³/mol. The van der Waals surface area contributed by atoms with Crippen LogP contribution in [0.25, 0.3) is 0 Å². The SMILES string of the molecule is CCC(CC)n1nc(CC(C)C)c(CCl)c1Cl. The third-order valence-corrected chi connectivity index (χ3v) is 3.72. The molecule has 0 fully saturated rings. The van der Waals surface area contributed by atoms with Gasteiger partial charge in [0.15, 0.2) is 0 Å². The topological polar surface area (TPSA) is 17.8 Å². The summed E-state index contributed by atoms with van der Waals surface area (Å²) in [5.74, 6) is 1.01. The molecule has 0 radical (unpaired) electrons.